The second kappa shape index (κ2) is 14.3. The Kier molecular flexibility index (Phi) is 12.4. The zero-order valence-electron chi connectivity index (χ0n) is 16.6. The van der Waals surface area contributed by atoms with E-state index in [2.05, 4.69) is 31.2 Å². The van der Waals surface area contributed by atoms with Gasteiger partial charge < -0.3 is 25.2 Å². The number of allylic oxidation sites excluding steroid dienone is 5. The van der Waals surface area contributed by atoms with Gasteiger partial charge in [-0.25, -0.2) is 0 Å². The Labute approximate surface area is 167 Å². The quantitative estimate of drug-likeness (QED) is 0.358. The van der Waals surface area contributed by atoms with Crippen molar-refractivity contribution in [1.82, 2.24) is 0 Å². The maximum absolute atomic E-state index is 10.5. The van der Waals surface area contributed by atoms with Gasteiger partial charge in [0.05, 0.1) is 30.5 Å². The second-order valence-corrected chi connectivity index (χ2v) is 6.92. The van der Waals surface area contributed by atoms with Crippen molar-refractivity contribution in [3.05, 3.63) is 48.6 Å². The molecule has 1 heterocycles. The van der Waals surface area contributed by atoms with Crippen LogP contribution in [-0.2, 0) is 9.53 Å². The Balaban J connectivity index is 2.32. The third-order valence-corrected chi connectivity index (χ3v) is 4.47. The van der Waals surface area contributed by atoms with Crippen LogP contribution in [0.3, 0.4) is 0 Å². The summed E-state index contributed by atoms with van der Waals surface area (Å²) in [4.78, 5) is 10.5. The van der Waals surface area contributed by atoms with Crippen LogP contribution in [0, 0.1) is 0 Å². The highest BCUT2D eigenvalue weighted by Gasteiger charge is 2.36. The summed E-state index contributed by atoms with van der Waals surface area (Å²) in [5.74, 6) is -0.977. The lowest BCUT2D eigenvalue weighted by atomic mass is 10.0. The highest BCUT2D eigenvalue weighted by atomic mass is 16.5. The molecule has 1 aliphatic rings. The molecule has 0 aromatic heterocycles. The SMILES string of the molecule is CC/C=C\C/C=C\C/C=C\C[C@@H]1O[C@H]([C@@H](O)/C=C/C(O)CCC(=O)O)C[C@H]1O. The summed E-state index contributed by atoms with van der Waals surface area (Å²) in [5.41, 5.74) is 0. The Bertz CT molecular complexity index is 551. The number of aliphatic hydroxyl groups is 3. The van der Waals surface area contributed by atoms with E-state index < -0.39 is 30.4 Å². The molecule has 1 saturated heterocycles. The molecule has 1 unspecified atom stereocenters. The van der Waals surface area contributed by atoms with Crippen molar-refractivity contribution < 1.29 is 30.0 Å². The molecule has 0 saturated carbocycles. The molecular weight excluding hydrogens is 360 g/mol. The van der Waals surface area contributed by atoms with Crippen LogP contribution in [0.5, 0.6) is 0 Å². The maximum atomic E-state index is 10.5. The Morgan fingerprint density at radius 2 is 1.71 bits per heavy atom. The van der Waals surface area contributed by atoms with Gasteiger partial charge in [0, 0.05) is 12.8 Å². The van der Waals surface area contributed by atoms with E-state index in [1.807, 2.05) is 12.2 Å². The minimum Gasteiger partial charge on any atom is -0.481 e. The molecule has 6 nitrogen and oxygen atoms in total. The zero-order chi connectivity index (χ0) is 20.8. The van der Waals surface area contributed by atoms with Crippen molar-refractivity contribution in [2.45, 2.75) is 82.4 Å². The molecule has 158 valence electrons. The number of hydrogen-bond donors (Lipinski definition) is 4. The predicted octanol–water partition coefficient (Wildman–Crippen LogP) is 2.90. The Morgan fingerprint density at radius 3 is 2.36 bits per heavy atom. The molecule has 0 aliphatic carbocycles. The van der Waals surface area contributed by atoms with Gasteiger partial charge in [-0.15, -0.1) is 0 Å². The molecular formula is C22H34O6. The molecule has 0 bridgehead atoms. The molecule has 0 radical (unpaired) electrons. The first kappa shape index (κ1) is 24.3. The minimum atomic E-state index is -0.977. The molecule has 1 rings (SSSR count). The van der Waals surface area contributed by atoms with Crippen LogP contribution in [0.1, 0.15) is 51.9 Å². The summed E-state index contributed by atoms with van der Waals surface area (Å²) in [6, 6.07) is 0. The molecule has 6 heteroatoms. The van der Waals surface area contributed by atoms with Crippen LogP contribution in [-0.4, -0.2) is 56.9 Å². The molecule has 0 spiro atoms. The molecule has 0 aromatic rings. The van der Waals surface area contributed by atoms with E-state index >= 15 is 0 Å². The lowest BCUT2D eigenvalue weighted by Crippen LogP contribution is -2.24. The molecule has 0 amide bonds. The first-order valence-electron chi connectivity index (χ1n) is 9.98. The van der Waals surface area contributed by atoms with Crippen LogP contribution >= 0.6 is 0 Å². The van der Waals surface area contributed by atoms with Crippen molar-refractivity contribution in [2.24, 2.45) is 0 Å². The molecule has 4 N–H and O–H groups in total. The maximum Gasteiger partial charge on any atom is 0.303 e. The monoisotopic (exact) mass is 394 g/mol. The summed E-state index contributed by atoms with van der Waals surface area (Å²) in [6.45, 7) is 2.11. The van der Waals surface area contributed by atoms with Crippen LogP contribution in [0.15, 0.2) is 48.6 Å². The summed E-state index contributed by atoms with van der Waals surface area (Å²) in [7, 11) is 0. The van der Waals surface area contributed by atoms with E-state index in [0.717, 1.165) is 19.3 Å². The van der Waals surface area contributed by atoms with Crippen LogP contribution in [0.25, 0.3) is 0 Å². The van der Waals surface area contributed by atoms with Crippen molar-refractivity contribution in [3.63, 3.8) is 0 Å². The first-order valence-corrected chi connectivity index (χ1v) is 9.98. The molecule has 28 heavy (non-hydrogen) atoms. The van der Waals surface area contributed by atoms with Gasteiger partial charge in [0.2, 0.25) is 0 Å². The van der Waals surface area contributed by atoms with Gasteiger partial charge in [0.15, 0.2) is 0 Å². The van der Waals surface area contributed by atoms with Crippen molar-refractivity contribution in [1.29, 1.82) is 0 Å². The topological polar surface area (TPSA) is 107 Å². The third-order valence-electron chi connectivity index (χ3n) is 4.47. The summed E-state index contributed by atoms with van der Waals surface area (Å²) < 4.78 is 5.73. The van der Waals surface area contributed by atoms with E-state index in [1.54, 1.807) is 0 Å². The van der Waals surface area contributed by atoms with Crippen LogP contribution in [0.4, 0.5) is 0 Å². The normalized spacial score (nSPS) is 25.5. The number of aliphatic hydroxyl groups excluding tert-OH is 3. The Hall–Kier alpha value is -1.73. The molecule has 0 aromatic carbocycles. The summed E-state index contributed by atoms with van der Waals surface area (Å²) in [6.07, 6.45) is 15.5. The second-order valence-electron chi connectivity index (χ2n) is 6.92. The summed E-state index contributed by atoms with van der Waals surface area (Å²) in [5, 5.41) is 38.5. The van der Waals surface area contributed by atoms with E-state index in [4.69, 9.17) is 9.84 Å². The number of rotatable bonds is 13. The molecule has 1 fully saturated rings. The van der Waals surface area contributed by atoms with E-state index in [0.29, 0.717) is 12.8 Å². The van der Waals surface area contributed by atoms with Gasteiger partial charge >= 0.3 is 5.97 Å². The number of carboxylic acid groups (broad SMARTS) is 1. The predicted molar refractivity (Wildman–Crippen MR) is 109 cm³/mol. The third kappa shape index (κ3) is 10.6. The van der Waals surface area contributed by atoms with Gasteiger partial charge in [-0.2, -0.15) is 0 Å². The van der Waals surface area contributed by atoms with Crippen LogP contribution in [0.2, 0.25) is 0 Å². The zero-order valence-corrected chi connectivity index (χ0v) is 16.6. The van der Waals surface area contributed by atoms with Gasteiger partial charge in [-0.1, -0.05) is 55.5 Å². The average Bonchev–Trinajstić information content (AvgIpc) is 3.03. The highest BCUT2D eigenvalue weighted by Crippen LogP contribution is 2.26. The van der Waals surface area contributed by atoms with Crippen molar-refractivity contribution in [2.75, 3.05) is 0 Å². The smallest absolute Gasteiger partial charge is 0.303 e. The fraction of sp³-hybridized carbons (Fsp3) is 0.591. The molecule has 1 aliphatic heterocycles. The van der Waals surface area contributed by atoms with Gasteiger partial charge in [0.1, 0.15) is 0 Å². The number of carbonyl (C=O) groups is 1. The van der Waals surface area contributed by atoms with Crippen molar-refractivity contribution >= 4 is 5.97 Å². The fourth-order valence-electron chi connectivity index (χ4n) is 2.87. The number of ether oxygens (including phenoxy) is 1. The van der Waals surface area contributed by atoms with E-state index in [-0.39, 0.29) is 18.9 Å². The first-order chi connectivity index (χ1) is 13.4. The van der Waals surface area contributed by atoms with Gasteiger partial charge in [-0.3, -0.25) is 4.79 Å². The number of carboxylic acids is 1. The largest absolute Gasteiger partial charge is 0.481 e. The number of aliphatic carboxylic acids is 1. The lowest BCUT2D eigenvalue weighted by molar-refractivity contribution is -0.137. The Morgan fingerprint density at radius 1 is 1.07 bits per heavy atom. The standard InChI is InChI=1S/C22H34O6/c1-2-3-4-5-6-7-8-9-10-11-20-19(25)16-21(28-20)18(24)14-12-17(23)13-15-22(26)27/h3-4,6-7,9-10,12,14,17-21,23-25H,2,5,8,11,13,15-16H2,1H3,(H,26,27)/b4-3-,7-6-,10-9-,14-12+/t17?,18-,19+,20-,21-/m0/s1. The minimum absolute atomic E-state index is 0.0868. The van der Waals surface area contributed by atoms with Gasteiger partial charge in [0.25, 0.3) is 0 Å². The highest BCUT2D eigenvalue weighted by molar-refractivity contribution is 5.66. The lowest BCUT2D eigenvalue weighted by Gasteiger charge is -2.16. The number of hydrogen-bond acceptors (Lipinski definition) is 5. The van der Waals surface area contributed by atoms with Gasteiger partial charge in [-0.05, 0) is 32.1 Å². The van der Waals surface area contributed by atoms with E-state index in [1.165, 1.54) is 12.2 Å². The average molecular weight is 395 g/mol. The molecule has 5 atom stereocenters. The van der Waals surface area contributed by atoms with Crippen LogP contribution < -0.4 is 0 Å². The summed E-state index contributed by atoms with van der Waals surface area (Å²) >= 11 is 0. The van der Waals surface area contributed by atoms with Crippen molar-refractivity contribution in [3.8, 4) is 0 Å². The van der Waals surface area contributed by atoms with E-state index in [9.17, 15) is 20.1 Å². The fourth-order valence-corrected chi connectivity index (χ4v) is 2.87.